The summed E-state index contributed by atoms with van der Waals surface area (Å²) >= 11 is 0. The summed E-state index contributed by atoms with van der Waals surface area (Å²) in [5.74, 6) is 3.66. The van der Waals surface area contributed by atoms with Crippen LogP contribution in [0.1, 0.15) is 71.6 Å². The number of allylic oxidation sites excluding steroid dienone is 1. The Hall–Kier alpha value is -0.340. The van der Waals surface area contributed by atoms with Crippen LogP contribution < -0.4 is 0 Å². The van der Waals surface area contributed by atoms with E-state index in [9.17, 15) is 0 Å². The molecule has 0 aromatic heterocycles. The number of ether oxygens (including phenoxy) is 2. The molecule has 2 saturated carbocycles. The Balaban J connectivity index is 1.57. The molecule has 2 heteroatoms. The largest absolute Gasteiger partial charge is 0.381 e. The van der Waals surface area contributed by atoms with E-state index >= 15 is 0 Å². The van der Waals surface area contributed by atoms with Crippen LogP contribution in [0.5, 0.6) is 0 Å². The lowest BCUT2D eigenvalue weighted by Crippen LogP contribution is -2.28. The molecule has 0 aliphatic heterocycles. The highest BCUT2D eigenvalue weighted by atomic mass is 16.5. The van der Waals surface area contributed by atoms with Gasteiger partial charge in [0.05, 0.1) is 6.61 Å². The highest BCUT2D eigenvalue weighted by molar-refractivity contribution is 4.83. The normalized spacial score (nSPS) is 32.4. The van der Waals surface area contributed by atoms with Gasteiger partial charge in [0, 0.05) is 19.8 Å². The van der Waals surface area contributed by atoms with Crippen LogP contribution in [0.4, 0.5) is 0 Å². The van der Waals surface area contributed by atoms with Crippen LogP contribution in [-0.2, 0) is 9.47 Å². The first-order valence-electron chi connectivity index (χ1n) is 10.1. The zero-order chi connectivity index (χ0) is 16.3. The fourth-order valence-corrected chi connectivity index (χ4v) is 4.47. The van der Waals surface area contributed by atoms with Crippen LogP contribution in [0.2, 0.25) is 0 Å². The molecule has 0 unspecified atom stereocenters. The van der Waals surface area contributed by atoms with Crippen molar-refractivity contribution in [3.05, 3.63) is 12.2 Å². The zero-order valence-corrected chi connectivity index (χ0v) is 15.5. The molecule has 0 heterocycles. The smallest absolute Gasteiger partial charge is 0.0647 e. The molecule has 0 saturated heterocycles. The van der Waals surface area contributed by atoms with Crippen molar-refractivity contribution in [3.8, 4) is 0 Å². The third kappa shape index (κ3) is 6.97. The highest BCUT2D eigenvalue weighted by Gasteiger charge is 2.30. The number of hydrogen-bond acceptors (Lipinski definition) is 2. The molecule has 0 amide bonds. The average molecular weight is 323 g/mol. The third-order valence-corrected chi connectivity index (χ3v) is 5.98. The molecule has 2 rings (SSSR count). The van der Waals surface area contributed by atoms with Crippen molar-refractivity contribution in [2.75, 3.05) is 26.4 Å². The minimum absolute atomic E-state index is 0.803. The van der Waals surface area contributed by atoms with Gasteiger partial charge in [-0.25, -0.2) is 0 Å². The van der Waals surface area contributed by atoms with Gasteiger partial charge in [-0.3, -0.25) is 0 Å². The van der Waals surface area contributed by atoms with Gasteiger partial charge in [0.25, 0.3) is 0 Å². The van der Waals surface area contributed by atoms with Gasteiger partial charge >= 0.3 is 0 Å². The summed E-state index contributed by atoms with van der Waals surface area (Å²) < 4.78 is 11.4. The summed E-state index contributed by atoms with van der Waals surface area (Å²) in [5, 5.41) is 0. The molecule has 0 aromatic rings. The Labute approximate surface area is 144 Å². The second kappa shape index (κ2) is 11.3. The summed E-state index contributed by atoms with van der Waals surface area (Å²) in [6.07, 6.45) is 16.8. The maximum Gasteiger partial charge on any atom is 0.0647 e. The first-order valence-corrected chi connectivity index (χ1v) is 10.1. The SMILES string of the molecule is CCC=CCOCC1CCC(C2CCC(COCC)CC2)CC1. The lowest BCUT2D eigenvalue weighted by molar-refractivity contribution is 0.0595. The maximum absolute atomic E-state index is 5.81. The molecule has 0 N–H and O–H groups in total. The van der Waals surface area contributed by atoms with Gasteiger partial charge in [-0.2, -0.15) is 0 Å². The standard InChI is InChI=1S/C21H38O2/c1-3-5-6-15-23-17-19-9-13-21(14-10-19)20-11-7-18(8-12-20)16-22-4-2/h5-6,18-21H,3-4,7-17H2,1-2H3. The van der Waals surface area contributed by atoms with E-state index in [4.69, 9.17) is 9.47 Å². The molecule has 2 aliphatic rings. The maximum atomic E-state index is 5.81. The molecule has 0 atom stereocenters. The molecule has 134 valence electrons. The zero-order valence-electron chi connectivity index (χ0n) is 15.5. The van der Waals surface area contributed by atoms with E-state index in [1.807, 2.05) is 0 Å². The third-order valence-electron chi connectivity index (χ3n) is 5.98. The topological polar surface area (TPSA) is 18.5 Å². The molecule has 0 radical (unpaired) electrons. The van der Waals surface area contributed by atoms with E-state index in [0.29, 0.717) is 0 Å². The van der Waals surface area contributed by atoms with Crippen molar-refractivity contribution in [1.82, 2.24) is 0 Å². The second-order valence-corrected chi connectivity index (χ2v) is 7.64. The number of rotatable bonds is 9. The first-order chi connectivity index (χ1) is 11.3. The molecule has 0 bridgehead atoms. The molecular formula is C21H38O2. The monoisotopic (exact) mass is 322 g/mol. The number of hydrogen-bond donors (Lipinski definition) is 0. The molecule has 23 heavy (non-hydrogen) atoms. The molecule has 2 nitrogen and oxygen atoms in total. The summed E-state index contributed by atoms with van der Waals surface area (Å²) in [6, 6.07) is 0. The van der Waals surface area contributed by atoms with Gasteiger partial charge in [0.2, 0.25) is 0 Å². The Morgan fingerprint density at radius 1 is 0.696 bits per heavy atom. The summed E-state index contributed by atoms with van der Waals surface area (Å²) in [6.45, 7) is 7.93. The van der Waals surface area contributed by atoms with E-state index in [2.05, 4.69) is 26.0 Å². The van der Waals surface area contributed by atoms with Crippen molar-refractivity contribution in [1.29, 1.82) is 0 Å². The fraction of sp³-hybridized carbons (Fsp3) is 0.905. The van der Waals surface area contributed by atoms with Gasteiger partial charge in [-0.15, -0.1) is 0 Å². The van der Waals surface area contributed by atoms with Gasteiger partial charge in [-0.05, 0) is 88.4 Å². The predicted octanol–water partition coefficient (Wildman–Crippen LogP) is 5.62. The molecule has 0 spiro atoms. The van der Waals surface area contributed by atoms with Crippen LogP contribution in [0.15, 0.2) is 12.2 Å². The first kappa shape index (κ1) is 19.0. The minimum Gasteiger partial charge on any atom is -0.381 e. The summed E-state index contributed by atoms with van der Waals surface area (Å²) in [4.78, 5) is 0. The summed E-state index contributed by atoms with van der Waals surface area (Å²) in [7, 11) is 0. The summed E-state index contributed by atoms with van der Waals surface area (Å²) in [5.41, 5.74) is 0. The highest BCUT2D eigenvalue weighted by Crippen LogP contribution is 2.41. The van der Waals surface area contributed by atoms with Gasteiger partial charge in [0.15, 0.2) is 0 Å². The van der Waals surface area contributed by atoms with Crippen molar-refractivity contribution >= 4 is 0 Å². The van der Waals surface area contributed by atoms with E-state index in [0.717, 1.165) is 56.5 Å². The van der Waals surface area contributed by atoms with E-state index in [1.165, 1.54) is 51.4 Å². The molecular weight excluding hydrogens is 284 g/mol. The van der Waals surface area contributed by atoms with Gasteiger partial charge < -0.3 is 9.47 Å². The Kier molecular flexibility index (Phi) is 9.29. The Morgan fingerprint density at radius 2 is 1.22 bits per heavy atom. The van der Waals surface area contributed by atoms with Gasteiger partial charge in [0.1, 0.15) is 0 Å². The average Bonchev–Trinajstić information content (AvgIpc) is 2.61. The Bertz CT molecular complexity index is 310. The van der Waals surface area contributed by atoms with Crippen molar-refractivity contribution in [2.24, 2.45) is 23.7 Å². The minimum atomic E-state index is 0.803. The molecule has 0 aromatic carbocycles. The molecule has 2 fully saturated rings. The van der Waals surface area contributed by atoms with Crippen molar-refractivity contribution in [3.63, 3.8) is 0 Å². The predicted molar refractivity (Wildman–Crippen MR) is 97.6 cm³/mol. The van der Waals surface area contributed by atoms with Crippen molar-refractivity contribution in [2.45, 2.75) is 71.6 Å². The Morgan fingerprint density at radius 3 is 1.70 bits per heavy atom. The second-order valence-electron chi connectivity index (χ2n) is 7.64. The quantitative estimate of drug-likeness (QED) is 0.405. The lowest BCUT2D eigenvalue weighted by Gasteiger charge is -2.37. The fourth-order valence-electron chi connectivity index (χ4n) is 4.47. The van der Waals surface area contributed by atoms with E-state index in [-0.39, 0.29) is 0 Å². The molecule has 2 aliphatic carbocycles. The van der Waals surface area contributed by atoms with Crippen LogP contribution in [-0.4, -0.2) is 26.4 Å². The van der Waals surface area contributed by atoms with Gasteiger partial charge in [-0.1, -0.05) is 19.1 Å². The van der Waals surface area contributed by atoms with Crippen LogP contribution in [0.3, 0.4) is 0 Å². The van der Waals surface area contributed by atoms with Crippen LogP contribution in [0, 0.1) is 23.7 Å². The van der Waals surface area contributed by atoms with Crippen molar-refractivity contribution < 1.29 is 9.47 Å². The van der Waals surface area contributed by atoms with Crippen LogP contribution >= 0.6 is 0 Å². The van der Waals surface area contributed by atoms with E-state index < -0.39 is 0 Å². The lowest BCUT2D eigenvalue weighted by atomic mass is 9.69. The van der Waals surface area contributed by atoms with Crippen LogP contribution in [0.25, 0.3) is 0 Å². The van der Waals surface area contributed by atoms with E-state index in [1.54, 1.807) is 0 Å².